The van der Waals surface area contributed by atoms with Gasteiger partial charge in [0.2, 0.25) is 0 Å². The third kappa shape index (κ3) is 4.89. The molecule has 1 atom stereocenters. The quantitative estimate of drug-likeness (QED) is 0.677. The van der Waals surface area contributed by atoms with Crippen LogP contribution in [0.25, 0.3) is 0 Å². The highest BCUT2D eigenvalue weighted by Gasteiger charge is 2.26. The normalized spacial score (nSPS) is 15.4. The first-order valence-electron chi connectivity index (χ1n) is 9.01. The van der Waals surface area contributed by atoms with Gasteiger partial charge < -0.3 is 14.5 Å². The first kappa shape index (κ1) is 19.4. The molecule has 1 amide bonds. The van der Waals surface area contributed by atoms with E-state index in [1.807, 2.05) is 53.4 Å². The highest BCUT2D eigenvalue weighted by atomic mass is 79.9. The Morgan fingerprint density at radius 2 is 1.56 bits per heavy atom. The lowest BCUT2D eigenvalue weighted by Crippen LogP contribution is -2.52. The highest BCUT2D eigenvalue weighted by molar-refractivity contribution is 9.10. The molecule has 1 saturated heterocycles. The number of ketones is 1. The highest BCUT2D eigenvalue weighted by Crippen LogP contribution is 2.20. The summed E-state index contributed by atoms with van der Waals surface area (Å²) in [5.74, 6) is 0.754. The average molecular weight is 431 g/mol. The van der Waals surface area contributed by atoms with Gasteiger partial charge in [0.05, 0.1) is 0 Å². The van der Waals surface area contributed by atoms with Crippen LogP contribution in [-0.4, -0.2) is 48.9 Å². The lowest BCUT2D eigenvalue weighted by atomic mass is 10.1. The van der Waals surface area contributed by atoms with Crippen molar-refractivity contribution in [3.05, 3.63) is 58.6 Å². The molecule has 0 saturated carbocycles. The van der Waals surface area contributed by atoms with E-state index in [1.54, 1.807) is 13.8 Å². The number of rotatable bonds is 5. The van der Waals surface area contributed by atoms with E-state index in [2.05, 4.69) is 20.8 Å². The van der Waals surface area contributed by atoms with E-state index in [0.717, 1.165) is 23.2 Å². The van der Waals surface area contributed by atoms with Crippen LogP contribution >= 0.6 is 15.9 Å². The van der Waals surface area contributed by atoms with Gasteiger partial charge in [-0.25, -0.2) is 0 Å². The summed E-state index contributed by atoms with van der Waals surface area (Å²) in [6.07, 6.45) is -0.521. The van der Waals surface area contributed by atoms with Crippen LogP contribution in [0.2, 0.25) is 0 Å². The fourth-order valence-corrected chi connectivity index (χ4v) is 3.38. The molecule has 1 aliphatic rings. The van der Waals surface area contributed by atoms with Gasteiger partial charge in [-0.05, 0) is 62.4 Å². The smallest absolute Gasteiger partial charge is 0.263 e. The molecule has 5 nitrogen and oxygen atoms in total. The zero-order chi connectivity index (χ0) is 19.4. The first-order chi connectivity index (χ1) is 12.9. The molecule has 2 aromatic carbocycles. The molecule has 0 radical (unpaired) electrons. The van der Waals surface area contributed by atoms with Crippen molar-refractivity contribution in [2.75, 3.05) is 31.1 Å². The number of halogens is 1. The van der Waals surface area contributed by atoms with Crippen LogP contribution < -0.4 is 9.64 Å². The van der Waals surface area contributed by atoms with Gasteiger partial charge in [-0.3, -0.25) is 9.59 Å². The molecule has 2 aromatic rings. The number of hydrogen-bond donors (Lipinski definition) is 0. The second kappa shape index (κ2) is 8.57. The van der Waals surface area contributed by atoms with Crippen molar-refractivity contribution in [2.24, 2.45) is 0 Å². The Morgan fingerprint density at radius 3 is 2.11 bits per heavy atom. The Morgan fingerprint density at radius 1 is 0.963 bits per heavy atom. The van der Waals surface area contributed by atoms with Crippen LogP contribution in [0.1, 0.15) is 24.2 Å². The van der Waals surface area contributed by atoms with Crippen LogP contribution in [0, 0.1) is 0 Å². The maximum Gasteiger partial charge on any atom is 0.263 e. The van der Waals surface area contributed by atoms with Gasteiger partial charge in [-0.15, -0.1) is 0 Å². The molecule has 142 valence electrons. The maximum absolute atomic E-state index is 12.7. The Labute approximate surface area is 168 Å². The molecule has 0 N–H and O–H groups in total. The summed E-state index contributed by atoms with van der Waals surface area (Å²) >= 11 is 3.39. The SMILES string of the molecule is CC(=O)c1ccc(N2CCN(C(=O)C(C)Oc3ccc(Br)cc3)CC2)cc1. The summed E-state index contributed by atoms with van der Waals surface area (Å²) in [6, 6.07) is 15.1. The van der Waals surface area contributed by atoms with Crippen molar-refractivity contribution in [1.29, 1.82) is 0 Å². The fraction of sp³-hybridized carbons (Fsp3) is 0.333. The van der Waals surface area contributed by atoms with Crippen LogP contribution in [0.3, 0.4) is 0 Å². The van der Waals surface area contributed by atoms with Crippen LogP contribution in [0.5, 0.6) is 5.75 Å². The van der Waals surface area contributed by atoms with E-state index < -0.39 is 6.10 Å². The van der Waals surface area contributed by atoms with Gasteiger partial charge in [0.1, 0.15) is 5.75 Å². The third-order valence-electron chi connectivity index (χ3n) is 4.70. The number of hydrogen-bond acceptors (Lipinski definition) is 4. The summed E-state index contributed by atoms with van der Waals surface area (Å²) < 4.78 is 6.75. The molecular formula is C21H23BrN2O3. The van der Waals surface area contributed by atoms with E-state index in [0.29, 0.717) is 24.4 Å². The average Bonchev–Trinajstić information content (AvgIpc) is 2.69. The minimum atomic E-state index is -0.521. The standard InChI is InChI=1S/C21H23BrN2O3/c1-15(25)17-3-7-19(8-4-17)23-11-13-24(14-12-23)21(26)16(2)27-20-9-5-18(22)6-10-20/h3-10,16H,11-14H2,1-2H3. The number of Topliss-reactive ketones (excluding diaryl/α,β-unsaturated/α-hetero) is 1. The van der Waals surface area contributed by atoms with Gasteiger partial charge in [0.25, 0.3) is 5.91 Å². The molecule has 0 bridgehead atoms. The Bertz CT molecular complexity index is 797. The number of ether oxygens (including phenoxy) is 1. The molecule has 27 heavy (non-hydrogen) atoms. The number of carbonyl (C=O) groups excluding carboxylic acids is 2. The van der Waals surface area contributed by atoms with Crippen LogP contribution in [0.15, 0.2) is 53.0 Å². The summed E-state index contributed by atoms with van der Waals surface area (Å²) in [6.45, 7) is 6.18. The minimum Gasteiger partial charge on any atom is -0.481 e. The largest absolute Gasteiger partial charge is 0.481 e. The zero-order valence-corrected chi connectivity index (χ0v) is 17.1. The minimum absolute atomic E-state index is 0.00416. The van der Waals surface area contributed by atoms with Crippen molar-refractivity contribution in [1.82, 2.24) is 4.90 Å². The second-order valence-electron chi connectivity index (χ2n) is 6.63. The predicted molar refractivity (Wildman–Crippen MR) is 109 cm³/mol. The van der Waals surface area contributed by atoms with E-state index in [-0.39, 0.29) is 11.7 Å². The lowest BCUT2D eigenvalue weighted by molar-refractivity contribution is -0.138. The van der Waals surface area contributed by atoms with E-state index in [1.165, 1.54) is 0 Å². The van der Waals surface area contributed by atoms with Gasteiger partial charge in [0, 0.05) is 41.9 Å². The number of amides is 1. The molecular weight excluding hydrogens is 408 g/mol. The molecule has 1 aliphatic heterocycles. The third-order valence-corrected chi connectivity index (χ3v) is 5.23. The van der Waals surface area contributed by atoms with Crippen molar-refractivity contribution < 1.29 is 14.3 Å². The lowest BCUT2D eigenvalue weighted by Gasteiger charge is -2.37. The molecule has 3 rings (SSSR count). The van der Waals surface area contributed by atoms with Gasteiger partial charge in [-0.2, -0.15) is 0 Å². The van der Waals surface area contributed by atoms with Crippen molar-refractivity contribution in [2.45, 2.75) is 20.0 Å². The van der Waals surface area contributed by atoms with E-state index in [9.17, 15) is 9.59 Å². The topological polar surface area (TPSA) is 49.9 Å². The van der Waals surface area contributed by atoms with Crippen LogP contribution in [-0.2, 0) is 4.79 Å². The summed E-state index contributed by atoms with van der Waals surface area (Å²) in [7, 11) is 0. The second-order valence-corrected chi connectivity index (χ2v) is 7.55. The number of nitrogens with zero attached hydrogens (tertiary/aromatic N) is 2. The Kier molecular flexibility index (Phi) is 6.16. The van der Waals surface area contributed by atoms with Gasteiger partial charge >= 0.3 is 0 Å². The Hall–Kier alpha value is -2.34. The van der Waals surface area contributed by atoms with Crippen LogP contribution in [0.4, 0.5) is 5.69 Å². The number of piperazine rings is 1. The van der Waals surface area contributed by atoms with E-state index >= 15 is 0 Å². The zero-order valence-electron chi connectivity index (χ0n) is 15.5. The number of anilines is 1. The molecule has 1 heterocycles. The monoisotopic (exact) mass is 430 g/mol. The molecule has 1 unspecified atom stereocenters. The summed E-state index contributed by atoms with van der Waals surface area (Å²) in [5, 5.41) is 0. The molecule has 1 fully saturated rings. The number of carbonyl (C=O) groups is 2. The van der Waals surface area contributed by atoms with E-state index in [4.69, 9.17) is 4.74 Å². The molecule has 0 spiro atoms. The molecule has 0 aliphatic carbocycles. The van der Waals surface area contributed by atoms with Gasteiger partial charge in [0.15, 0.2) is 11.9 Å². The molecule has 0 aromatic heterocycles. The predicted octanol–water partition coefficient (Wildman–Crippen LogP) is 3.77. The number of benzene rings is 2. The summed E-state index contributed by atoms with van der Waals surface area (Å²) in [4.78, 5) is 28.1. The van der Waals surface area contributed by atoms with Crippen molar-refractivity contribution >= 4 is 33.3 Å². The van der Waals surface area contributed by atoms with Crippen molar-refractivity contribution in [3.8, 4) is 5.75 Å². The van der Waals surface area contributed by atoms with Gasteiger partial charge in [-0.1, -0.05) is 15.9 Å². The Balaban J connectivity index is 1.54. The maximum atomic E-state index is 12.7. The molecule has 6 heteroatoms. The summed E-state index contributed by atoms with van der Waals surface area (Å²) in [5.41, 5.74) is 1.79. The first-order valence-corrected chi connectivity index (χ1v) is 9.80. The fourth-order valence-electron chi connectivity index (χ4n) is 3.12. The van der Waals surface area contributed by atoms with Crippen molar-refractivity contribution in [3.63, 3.8) is 0 Å².